The van der Waals surface area contributed by atoms with E-state index in [4.69, 9.17) is 4.74 Å². The van der Waals surface area contributed by atoms with Crippen LogP contribution in [-0.2, 0) is 22.4 Å². The topological polar surface area (TPSA) is 58.6 Å². The van der Waals surface area contributed by atoms with Crippen LogP contribution in [0.2, 0.25) is 0 Å². The Morgan fingerprint density at radius 2 is 1.90 bits per heavy atom. The van der Waals surface area contributed by atoms with Crippen molar-refractivity contribution < 1.29 is 14.6 Å². The van der Waals surface area contributed by atoms with Crippen LogP contribution >= 0.6 is 0 Å². The number of carbonyl (C=O) groups excluding carboxylic acids is 1. The zero-order valence-electron chi connectivity index (χ0n) is 13.3. The van der Waals surface area contributed by atoms with E-state index in [-0.39, 0.29) is 12.5 Å². The molecule has 0 saturated carbocycles. The molecule has 1 aromatic rings. The minimum absolute atomic E-state index is 0.0349. The first-order chi connectivity index (χ1) is 9.96. The maximum atomic E-state index is 11.8. The number of hydrogen-bond donors (Lipinski definition) is 2. The second-order valence-corrected chi connectivity index (χ2v) is 5.69. The van der Waals surface area contributed by atoms with Gasteiger partial charge in [0.05, 0.1) is 5.60 Å². The highest BCUT2D eigenvalue weighted by Crippen LogP contribution is 2.09. The monoisotopic (exact) mass is 293 g/mol. The van der Waals surface area contributed by atoms with Crippen LogP contribution < -0.4 is 5.32 Å². The van der Waals surface area contributed by atoms with Crippen molar-refractivity contribution in [3.8, 4) is 0 Å². The summed E-state index contributed by atoms with van der Waals surface area (Å²) in [4.78, 5) is 11.8. The van der Waals surface area contributed by atoms with Gasteiger partial charge in [-0.15, -0.1) is 0 Å². The molecule has 0 heterocycles. The maximum absolute atomic E-state index is 11.8. The van der Waals surface area contributed by atoms with Gasteiger partial charge in [0.2, 0.25) is 5.91 Å². The van der Waals surface area contributed by atoms with Crippen LogP contribution in [0.4, 0.5) is 0 Å². The maximum Gasteiger partial charge on any atom is 0.220 e. The van der Waals surface area contributed by atoms with E-state index >= 15 is 0 Å². The van der Waals surface area contributed by atoms with Crippen LogP contribution in [0, 0.1) is 0 Å². The second-order valence-electron chi connectivity index (χ2n) is 5.69. The van der Waals surface area contributed by atoms with Gasteiger partial charge in [-0.1, -0.05) is 31.2 Å². The molecule has 1 atom stereocenters. The van der Waals surface area contributed by atoms with Crippen LogP contribution in [0.1, 0.15) is 37.8 Å². The molecule has 0 aliphatic carbocycles. The smallest absolute Gasteiger partial charge is 0.220 e. The molecule has 0 bridgehead atoms. The summed E-state index contributed by atoms with van der Waals surface area (Å²) in [6, 6.07) is 8.34. The molecule has 0 aliphatic heterocycles. The van der Waals surface area contributed by atoms with E-state index < -0.39 is 5.60 Å². The number of ether oxygens (including phenoxy) is 1. The Morgan fingerprint density at radius 3 is 2.48 bits per heavy atom. The largest absolute Gasteiger partial charge is 0.388 e. The lowest BCUT2D eigenvalue weighted by Crippen LogP contribution is -2.41. The highest BCUT2D eigenvalue weighted by Gasteiger charge is 2.20. The molecule has 1 rings (SSSR count). The second kappa shape index (κ2) is 8.80. The summed E-state index contributed by atoms with van der Waals surface area (Å²) in [6.07, 6.45) is 2.68. The Hall–Kier alpha value is -1.39. The summed E-state index contributed by atoms with van der Waals surface area (Å²) in [5.41, 5.74) is 1.54. The molecule has 0 aromatic heterocycles. The first-order valence-electron chi connectivity index (χ1n) is 7.52. The molecule has 4 nitrogen and oxygen atoms in total. The van der Waals surface area contributed by atoms with Crippen molar-refractivity contribution in [2.75, 3.05) is 20.3 Å². The molecule has 0 fully saturated rings. The van der Waals surface area contributed by atoms with Crippen molar-refractivity contribution in [3.05, 3.63) is 35.4 Å². The van der Waals surface area contributed by atoms with Crippen molar-refractivity contribution >= 4 is 5.91 Å². The average Bonchev–Trinajstić information content (AvgIpc) is 2.49. The van der Waals surface area contributed by atoms with Crippen LogP contribution in [0.25, 0.3) is 0 Å². The molecular weight excluding hydrogens is 266 g/mol. The van der Waals surface area contributed by atoms with Gasteiger partial charge in [0, 0.05) is 33.1 Å². The molecule has 0 aliphatic rings. The van der Waals surface area contributed by atoms with Crippen molar-refractivity contribution in [3.63, 3.8) is 0 Å². The fourth-order valence-electron chi connectivity index (χ4n) is 1.99. The summed E-state index contributed by atoms with van der Waals surface area (Å²) >= 11 is 0. The lowest BCUT2D eigenvalue weighted by atomic mass is 10.0. The molecule has 0 spiro atoms. The number of benzene rings is 1. The molecular formula is C17H27NO3. The lowest BCUT2D eigenvalue weighted by molar-refractivity contribution is -0.122. The number of rotatable bonds is 9. The summed E-state index contributed by atoms with van der Waals surface area (Å²) in [5, 5.41) is 12.8. The van der Waals surface area contributed by atoms with Gasteiger partial charge in [0.15, 0.2) is 0 Å². The molecule has 0 saturated heterocycles. The zero-order valence-corrected chi connectivity index (χ0v) is 13.3. The standard InChI is InChI=1S/C17H27NO3/c1-4-14-5-7-15(8-6-14)9-10-16(19)18-13-17(2,20)11-12-21-3/h5-8,20H,4,9-13H2,1-3H3,(H,18,19). The summed E-state index contributed by atoms with van der Waals surface area (Å²) in [7, 11) is 1.60. The van der Waals surface area contributed by atoms with Gasteiger partial charge in [-0.05, 0) is 30.9 Å². The van der Waals surface area contributed by atoms with Crippen LogP contribution in [0.3, 0.4) is 0 Å². The zero-order chi connectivity index (χ0) is 15.7. The third kappa shape index (κ3) is 7.25. The van der Waals surface area contributed by atoms with E-state index in [0.29, 0.717) is 19.4 Å². The highest BCUT2D eigenvalue weighted by molar-refractivity contribution is 5.76. The first kappa shape index (κ1) is 17.7. The SMILES string of the molecule is CCc1ccc(CCC(=O)NCC(C)(O)CCOC)cc1. The predicted molar refractivity (Wildman–Crippen MR) is 84.3 cm³/mol. The van der Waals surface area contributed by atoms with Crippen molar-refractivity contribution in [2.24, 2.45) is 0 Å². The van der Waals surface area contributed by atoms with E-state index in [9.17, 15) is 9.90 Å². The molecule has 21 heavy (non-hydrogen) atoms. The predicted octanol–water partition coefficient (Wildman–Crippen LogP) is 2.09. The van der Waals surface area contributed by atoms with Crippen molar-refractivity contribution in [1.82, 2.24) is 5.32 Å². The van der Waals surface area contributed by atoms with Crippen LogP contribution in [0.5, 0.6) is 0 Å². The fraction of sp³-hybridized carbons (Fsp3) is 0.588. The van der Waals surface area contributed by atoms with Gasteiger partial charge < -0.3 is 15.2 Å². The minimum atomic E-state index is -0.922. The van der Waals surface area contributed by atoms with E-state index in [1.54, 1.807) is 14.0 Å². The van der Waals surface area contributed by atoms with Gasteiger partial charge >= 0.3 is 0 Å². The fourth-order valence-corrected chi connectivity index (χ4v) is 1.99. The summed E-state index contributed by atoms with van der Waals surface area (Å²) in [6.45, 7) is 4.56. The summed E-state index contributed by atoms with van der Waals surface area (Å²) in [5.74, 6) is -0.0349. The van der Waals surface area contributed by atoms with Gasteiger partial charge in [-0.3, -0.25) is 4.79 Å². The molecule has 118 valence electrons. The highest BCUT2D eigenvalue weighted by atomic mass is 16.5. The van der Waals surface area contributed by atoms with Gasteiger partial charge in [0.1, 0.15) is 0 Å². The van der Waals surface area contributed by atoms with Crippen LogP contribution in [-0.4, -0.2) is 36.9 Å². The Balaban J connectivity index is 2.30. The molecule has 1 unspecified atom stereocenters. The van der Waals surface area contributed by atoms with Crippen molar-refractivity contribution in [1.29, 1.82) is 0 Å². The van der Waals surface area contributed by atoms with E-state index in [1.165, 1.54) is 5.56 Å². The lowest BCUT2D eigenvalue weighted by Gasteiger charge is -2.23. The van der Waals surface area contributed by atoms with E-state index in [2.05, 4.69) is 36.5 Å². The molecule has 4 heteroatoms. The Bertz CT molecular complexity index is 426. The number of nitrogens with one attached hydrogen (secondary N) is 1. The average molecular weight is 293 g/mol. The van der Waals surface area contributed by atoms with E-state index in [1.807, 2.05) is 0 Å². The minimum Gasteiger partial charge on any atom is -0.388 e. The van der Waals surface area contributed by atoms with Gasteiger partial charge in [-0.25, -0.2) is 0 Å². The number of hydrogen-bond acceptors (Lipinski definition) is 3. The quantitative estimate of drug-likeness (QED) is 0.733. The van der Waals surface area contributed by atoms with E-state index in [0.717, 1.165) is 18.4 Å². The molecule has 1 aromatic carbocycles. The molecule has 2 N–H and O–H groups in total. The number of methoxy groups -OCH3 is 1. The number of aryl methyl sites for hydroxylation is 2. The van der Waals surface area contributed by atoms with Crippen molar-refractivity contribution in [2.45, 2.75) is 45.1 Å². The van der Waals surface area contributed by atoms with Gasteiger partial charge in [0.25, 0.3) is 0 Å². The first-order valence-corrected chi connectivity index (χ1v) is 7.52. The van der Waals surface area contributed by atoms with Gasteiger partial charge in [-0.2, -0.15) is 0 Å². The number of amides is 1. The Labute approximate surface area is 127 Å². The number of carbonyl (C=O) groups is 1. The Morgan fingerprint density at radius 1 is 1.29 bits per heavy atom. The third-order valence-corrected chi connectivity index (χ3v) is 3.58. The number of aliphatic hydroxyl groups is 1. The third-order valence-electron chi connectivity index (χ3n) is 3.58. The molecule has 0 radical (unpaired) electrons. The Kier molecular flexibility index (Phi) is 7.40. The summed E-state index contributed by atoms with van der Waals surface area (Å²) < 4.78 is 4.94. The molecule has 1 amide bonds. The van der Waals surface area contributed by atoms with Crippen LogP contribution in [0.15, 0.2) is 24.3 Å². The normalized spacial score (nSPS) is 13.7.